The van der Waals surface area contributed by atoms with Gasteiger partial charge in [0.1, 0.15) is 0 Å². The number of unbranched alkanes of at least 4 members (excludes halogenated alkanes) is 14. The van der Waals surface area contributed by atoms with Crippen LogP contribution in [0.2, 0.25) is 0 Å². The van der Waals surface area contributed by atoms with Crippen LogP contribution < -0.4 is 0 Å². The lowest BCUT2D eigenvalue weighted by Gasteiger charge is -2.15. The molecule has 0 aromatic heterocycles. The van der Waals surface area contributed by atoms with Crippen LogP contribution >= 0.6 is 0 Å². The third-order valence-corrected chi connectivity index (χ3v) is 4.95. The van der Waals surface area contributed by atoms with Gasteiger partial charge in [0.05, 0.1) is 6.61 Å². The zero-order chi connectivity index (χ0) is 20.2. The molecule has 0 radical (unpaired) electrons. The summed E-state index contributed by atoms with van der Waals surface area (Å²) in [4.78, 5) is 11.7. The van der Waals surface area contributed by atoms with Crippen LogP contribution in [0.3, 0.4) is 0 Å². The topological polar surface area (TPSA) is 35.5 Å². The Labute approximate surface area is 170 Å². The van der Waals surface area contributed by atoms with E-state index in [2.05, 4.69) is 20.8 Å². The van der Waals surface area contributed by atoms with E-state index in [4.69, 9.17) is 9.47 Å². The van der Waals surface area contributed by atoms with Crippen LogP contribution in [0.1, 0.15) is 130 Å². The van der Waals surface area contributed by atoms with Gasteiger partial charge in [0.2, 0.25) is 0 Å². The van der Waals surface area contributed by atoms with Gasteiger partial charge in [0, 0.05) is 6.42 Å². The van der Waals surface area contributed by atoms with Crippen molar-refractivity contribution < 1.29 is 14.3 Å². The minimum Gasteiger partial charge on any atom is -0.436 e. The van der Waals surface area contributed by atoms with Gasteiger partial charge in [-0.15, -0.1) is 0 Å². The molecule has 0 saturated heterocycles. The summed E-state index contributed by atoms with van der Waals surface area (Å²) in [6, 6.07) is 0. The molecule has 0 aromatic rings. The van der Waals surface area contributed by atoms with Crippen molar-refractivity contribution in [3.05, 3.63) is 0 Å². The average molecular weight is 385 g/mol. The largest absolute Gasteiger partial charge is 0.436 e. The summed E-state index contributed by atoms with van der Waals surface area (Å²) in [5.41, 5.74) is 0. The molecule has 0 aliphatic heterocycles. The molecule has 0 amide bonds. The van der Waals surface area contributed by atoms with Crippen LogP contribution in [0.15, 0.2) is 0 Å². The van der Waals surface area contributed by atoms with E-state index in [1.54, 1.807) is 6.92 Å². The highest BCUT2D eigenvalue weighted by Crippen LogP contribution is 2.14. The van der Waals surface area contributed by atoms with Gasteiger partial charge in [-0.2, -0.15) is 0 Å². The van der Waals surface area contributed by atoms with Gasteiger partial charge in [0.15, 0.2) is 6.29 Å². The van der Waals surface area contributed by atoms with Crippen LogP contribution in [0, 0.1) is 5.92 Å². The minimum atomic E-state index is -0.420. The van der Waals surface area contributed by atoms with E-state index >= 15 is 0 Å². The number of hydrogen-bond acceptors (Lipinski definition) is 3. The number of ether oxygens (including phenoxy) is 2. The van der Waals surface area contributed by atoms with Gasteiger partial charge in [-0.1, -0.05) is 111 Å². The van der Waals surface area contributed by atoms with Crippen molar-refractivity contribution in [2.45, 2.75) is 137 Å². The maximum Gasteiger partial charge on any atom is 0.308 e. The van der Waals surface area contributed by atoms with Crippen LogP contribution in [-0.4, -0.2) is 18.9 Å². The average Bonchev–Trinajstić information content (AvgIpc) is 2.63. The summed E-state index contributed by atoms with van der Waals surface area (Å²) in [6.45, 7) is 8.88. The van der Waals surface area contributed by atoms with Gasteiger partial charge < -0.3 is 9.47 Å². The van der Waals surface area contributed by atoms with E-state index in [1.807, 2.05) is 0 Å². The van der Waals surface area contributed by atoms with Gasteiger partial charge in [-0.3, -0.25) is 4.79 Å². The zero-order valence-corrected chi connectivity index (χ0v) is 18.9. The molecule has 162 valence electrons. The highest BCUT2D eigenvalue weighted by atomic mass is 16.7. The maximum atomic E-state index is 11.7. The number of hydrogen-bond donors (Lipinski definition) is 0. The molecule has 0 heterocycles. The van der Waals surface area contributed by atoms with Gasteiger partial charge in [-0.25, -0.2) is 0 Å². The summed E-state index contributed by atoms with van der Waals surface area (Å²) in [5.74, 6) is 0.336. The van der Waals surface area contributed by atoms with E-state index in [0.717, 1.165) is 12.8 Å². The van der Waals surface area contributed by atoms with Crippen molar-refractivity contribution in [2.75, 3.05) is 6.61 Å². The predicted molar refractivity (Wildman–Crippen MR) is 116 cm³/mol. The van der Waals surface area contributed by atoms with Crippen LogP contribution in [-0.2, 0) is 14.3 Å². The second kappa shape index (κ2) is 20.2. The fourth-order valence-electron chi connectivity index (χ4n) is 3.25. The Bertz CT molecular complexity index is 315. The Hall–Kier alpha value is -0.570. The Balaban J connectivity index is 3.23. The van der Waals surface area contributed by atoms with E-state index in [1.165, 1.54) is 83.5 Å². The van der Waals surface area contributed by atoms with Crippen molar-refractivity contribution in [2.24, 2.45) is 5.92 Å². The molecule has 0 aliphatic carbocycles. The molecule has 0 aromatic carbocycles. The summed E-state index contributed by atoms with van der Waals surface area (Å²) in [7, 11) is 0. The molecule has 0 spiro atoms. The Morgan fingerprint density at radius 2 is 1.07 bits per heavy atom. The molecule has 1 atom stereocenters. The van der Waals surface area contributed by atoms with E-state index < -0.39 is 6.29 Å². The second-order valence-corrected chi connectivity index (χ2v) is 8.48. The number of rotatable bonds is 20. The van der Waals surface area contributed by atoms with E-state index in [0.29, 0.717) is 18.9 Å². The van der Waals surface area contributed by atoms with Gasteiger partial charge in [0.25, 0.3) is 0 Å². The van der Waals surface area contributed by atoms with Crippen molar-refractivity contribution in [3.8, 4) is 0 Å². The summed E-state index contributed by atoms with van der Waals surface area (Å²) in [5, 5.41) is 0. The molecular formula is C24H48O3. The third-order valence-electron chi connectivity index (χ3n) is 4.95. The van der Waals surface area contributed by atoms with E-state index in [-0.39, 0.29) is 5.97 Å². The first kappa shape index (κ1) is 26.4. The molecule has 3 heteroatoms. The van der Waals surface area contributed by atoms with Crippen molar-refractivity contribution >= 4 is 5.97 Å². The molecule has 27 heavy (non-hydrogen) atoms. The normalized spacial score (nSPS) is 12.5. The molecule has 0 fully saturated rings. The fraction of sp³-hybridized carbons (Fsp3) is 0.958. The Morgan fingerprint density at radius 1 is 0.667 bits per heavy atom. The highest BCUT2D eigenvalue weighted by Gasteiger charge is 2.09. The summed E-state index contributed by atoms with van der Waals surface area (Å²) in [6.07, 6.45) is 20.2. The predicted octanol–water partition coefficient (Wildman–Crippen LogP) is 7.81. The Morgan fingerprint density at radius 3 is 1.48 bits per heavy atom. The lowest BCUT2D eigenvalue weighted by atomic mass is 10.0. The van der Waals surface area contributed by atoms with Crippen LogP contribution in [0.25, 0.3) is 0 Å². The first-order valence-corrected chi connectivity index (χ1v) is 11.9. The van der Waals surface area contributed by atoms with Crippen molar-refractivity contribution in [1.82, 2.24) is 0 Å². The SMILES string of the molecule is CCCCCCCCCCCCCCCCCC(=O)OC(C)OCC(C)C. The second-order valence-electron chi connectivity index (χ2n) is 8.48. The molecule has 0 bridgehead atoms. The summed E-state index contributed by atoms with van der Waals surface area (Å²) < 4.78 is 10.7. The van der Waals surface area contributed by atoms with Crippen molar-refractivity contribution in [1.29, 1.82) is 0 Å². The molecule has 0 aliphatic rings. The van der Waals surface area contributed by atoms with Crippen LogP contribution in [0.4, 0.5) is 0 Å². The first-order chi connectivity index (χ1) is 13.1. The number of carbonyl (C=O) groups excluding carboxylic acids is 1. The zero-order valence-electron chi connectivity index (χ0n) is 18.9. The number of carbonyl (C=O) groups is 1. The minimum absolute atomic E-state index is 0.124. The Kier molecular flexibility index (Phi) is 19.7. The smallest absolute Gasteiger partial charge is 0.308 e. The molecule has 0 N–H and O–H groups in total. The molecule has 1 unspecified atom stereocenters. The molecular weight excluding hydrogens is 336 g/mol. The van der Waals surface area contributed by atoms with Gasteiger partial charge in [-0.05, 0) is 19.3 Å². The molecule has 0 saturated carbocycles. The quantitative estimate of drug-likeness (QED) is 0.122. The summed E-state index contributed by atoms with van der Waals surface area (Å²) >= 11 is 0. The lowest BCUT2D eigenvalue weighted by molar-refractivity contribution is -0.176. The monoisotopic (exact) mass is 384 g/mol. The molecule has 3 nitrogen and oxygen atoms in total. The lowest BCUT2D eigenvalue weighted by Crippen LogP contribution is -2.20. The molecule has 0 rings (SSSR count). The van der Waals surface area contributed by atoms with Gasteiger partial charge >= 0.3 is 5.97 Å². The fourth-order valence-corrected chi connectivity index (χ4v) is 3.25. The third kappa shape index (κ3) is 21.6. The van der Waals surface area contributed by atoms with E-state index in [9.17, 15) is 4.79 Å². The first-order valence-electron chi connectivity index (χ1n) is 11.9. The van der Waals surface area contributed by atoms with Crippen molar-refractivity contribution in [3.63, 3.8) is 0 Å². The highest BCUT2D eigenvalue weighted by molar-refractivity contribution is 5.69. The standard InChI is InChI=1S/C24H48O3/c1-5-6-7-8-9-10-11-12-13-14-15-16-17-18-19-20-24(25)27-23(4)26-21-22(2)3/h22-23H,5-21H2,1-4H3. The van der Waals surface area contributed by atoms with Crippen LogP contribution in [0.5, 0.6) is 0 Å². The number of esters is 1. The maximum absolute atomic E-state index is 11.7.